The molecule has 1 aromatic rings. The van der Waals surface area contributed by atoms with Gasteiger partial charge in [0, 0.05) is 49.5 Å². The van der Waals surface area contributed by atoms with E-state index in [-0.39, 0.29) is 29.3 Å². The Morgan fingerprint density at radius 1 is 1.26 bits per heavy atom. The molecule has 1 aromatic heterocycles. The number of carbonyl (C=O) groups is 1. The monoisotopic (exact) mass is 513 g/mol. The predicted molar refractivity (Wildman–Crippen MR) is 132 cm³/mol. The lowest BCUT2D eigenvalue weighted by Crippen LogP contribution is -2.55. The van der Waals surface area contributed by atoms with Gasteiger partial charge in [0.15, 0.2) is 0 Å². The molecule has 1 aliphatic carbocycles. The molecule has 5 atom stereocenters. The third-order valence-corrected chi connectivity index (χ3v) is 9.04. The molecule has 190 valence electrons. The SMILES string of the molecule is C[C@H](Nc1nccc(N(CCC2CCOCC2)S(C)(=O)=O)n1)C1CC2CC(Cl)CCC2NC1=O. The third-order valence-electron chi connectivity index (χ3n) is 7.48. The second-order valence-electron chi connectivity index (χ2n) is 9.98. The molecule has 3 aliphatic rings. The van der Waals surface area contributed by atoms with Crippen LogP contribution in [0.3, 0.4) is 0 Å². The zero-order chi connectivity index (χ0) is 24.3. The number of ether oxygens (including phenoxy) is 1. The summed E-state index contributed by atoms with van der Waals surface area (Å²) in [5.41, 5.74) is 0. The summed E-state index contributed by atoms with van der Waals surface area (Å²) in [6, 6.07) is 1.62. The van der Waals surface area contributed by atoms with Crippen LogP contribution < -0.4 is 14.9 Å². The molecular weight excluding hydrogens is 478 g/mol. The Bertz CT molecular complexity index is 958. The smallest absolute Gasteiger partial charge is 0.233 e. The van der Waals surface area contributed by atoms with E-state index in [4.69, 9.17) is 16.3 Å². The number of halogens is 1. The maximum absolute atomic E-state index is 12.8. The number of rotatable bonds is 8. The molecule has 1 amide bonds. The first-order valence-electron chi connectivity index (χ1n) is 12.3. The molecule has 0 aromatic carbocycles. The van der Waals surface area contributed by atoms with Gasteiger partial charge in [-0.15, -0.1) is 11.6 Å². The predicted octanol–water partition coefficient (Wildman–Crippen LogP) is 2.77. The van der Waals surface area contributed by atoms with E-state index in [0.29, 0.717) is 30.1 Å². The van der Waals surface area contributed by atoms with E-state index in [2.05, 4.69) is 20.6 Å². The Balaban J connectivity index is 1.42. The third kappa shape index (κ3) is 6.31. The van der Waals surface area contributed by atoms with Crippen LogP contribution in [-0.2, 0) is 19.6 Å². The van der Waals surface area contributed by atoms with Crippen LogP contribution in [0.5, 0.6) is 0 Å². The molecule has 34 heavy (non-hydrogen) atoms. The number of sulfonamides is 1. The van der Waals surface area contributed by atoms with Crippen LogP contribution in [0, 0.1) is 17.8 Å². The van der Waals surface area contributed by atoms with Crippen molar-refractivity contribution in [3.8, 4) is 0 Å². The van der Waals surface area contributed by atoms with E-state index < -0.39 is 10.0 Å². The minimum atomic E-state index is -3.50. The Labute approximate surface area is 207 Å². The average molecular weight is 514 g/mol. The molecule has 2 N–H and O–H groups in total. The topological polar surface area (TPSA) is 114 Å². The lowest BCUT2D eigenvalue weighted by atomic mass is 9.74. The van der Waals surface area contributed by atoms with Crippen LogP contribution in [0.25, 0.3) is 0 Å². The number of nitrogens with one attached hydrogen (secondary N) is 2. The molecule has 9 nitrogen and oxygen atoms in total. The van der Waals surface area contributed by atoms with Crippen molar-refractivity contribution < 1.29 is 17.9 Å². The number of carbonyl (C=O) groups excluding carboxylic acids is 1. The van der Waals surface area contributed by atoms with Crippen LogP contribution in [0.4, 0.5) is 11.8 Å². The highest BCUT2D eigenvalue weighted by atomic mass is 35.5. The summed E-state index contributed by atoms with van der Waals surface area (Å²) in [6.45, 7) is 3.76. The van der Waals surface area contributed by atoms with Crippen LogP contribution in [0.1, 0.15) is 51.9 Å². The molecule has 2 aliphatic heterocycles. The lowest BCUT2D eigenvalue weighted by molar-refractivity contribution is -0.130. The Morgan fingerprint density at radius 3 is 2.76 bits per heavy atom. The van der Waals surface area contributed by atoms with Gasteiger partial charge < -0.3 is 15.4 Å². The molecular formula is C23H36ClN5O4S. The Morgan fingerprint density at radius 2 is 2.03 bits per heavy atom. The zero-order valence-electron chi connectivity index (χ0n) is 20.0. The van der Waals surface area contributed by atoms with E-state index in [9.17, 15) is 13.2 Å². The normalized spacial score (nSPS) is 29.1. The van der Waals surface area contributed by atoms with E-state index >= 15 is 0 Å². The molecule has 4 rings (SSSR count). The average Bonchev–Trinajstić information content (AvgIpc) is 2.79. The van der Waals surface area contributed by atoms with Crippen molar-refractivity contribution in [2.45, 2.75) is 69.3 Å². The van der Waals surface area contributed by atoms with Crippen molar-refractivity contribution in [1.82, 2.24) is 15.3 Å². The van der Waals surface area contributed by atoms with Gasteiger partial charge in [-0.05, 0) is 63.7 Å². The van der Waals surface area contributed by atoms with Gasteiger partial charge in [0.2, 0.25) is 21.9 Å². The summed E-state index contributed by atoms with van der Waals surface area (Å²) in [6.07, 6.45) is 8.96. The van der Waals surface area contributed by atoms with Gasteiger partial charge >= 0.3 is 0 Å². The number of alkyl halides is 1. The van der Waals surface area contributed by atoms with E-state index in [1.165, 1.54) is 10.6 Å². The largest absolute Gasteiger partial charge is 0.381 e. The summed E-state index contributed by atoms with van der Waals surface area (Å²) >= 11 is 6.38. The van der Waals surface area contributed by atoms with Crippen LogP contribution >= 0.6 is 11.6 Å². The number of aromatic nitrogens is 2. The van der Waals surface area contributed by atoms with Crippen molar-refractivity contribution >= 4 is 39.3 Å². The minimum absolute atomic E-state index is 0.0413. The van der Waals surface area contributed by atoms with E-state index in [1.807, 2.05) is 6.92 Å². The van der Waals surface area contributed by atoms with Crippen LogP contribution in [0.15, 0.2) is 12.3 Å². The maximum atomic E-state index is 12.8. The number of piperidine rings is 1. The summed E-state index contributed by atoms with van der Waals surface area (Å²) < 4.78 is 31.8. The number of hydrogen-bond acceptors (Lipinski definition) is 7. The Hall–Kier alpha value is -1.65. The molecule has 11 heteroatoms. The highest BCUT2D eigenvalue weighted by Crippen LogP contribution is 2.37. The quantitative estimate of drug-likeness (QED) is 0.514. The highest BCUT2D eigenvalue weighted by Gasteiger charge is 2.41. The van der Waals surface area contributed by atoms with Crippen molar-refractivity contribution in [3.05, 3.63) is 12.3 Å². The fourth-order valence-corrected chi connectivity index (χ4v) is 6.69. The molecule has 2 saturated heterocycles. The lowest BCUT2D eigenvalue weighted by Gasteiger charge is -2.42. The standard InChI is InChI=1S/C23H36ClN5O4S/c1-15(19-14-17-13-18(24)3-4-20(17)27-22(19)30)26-23-25-9-5-21(28-23)29(34(2,31)32)10-6-16-7-11-33-12-8-16/h5,9,15-20H,3-4,6-8,10-14H2,1-2H3,(H,27,30)(H,25,26,28)/t15-,17?,18?,19?,20?/m0/s1. The van der Waals surface area contributed by atoms with Gasteiger partial charge in [-0.2, -0.15) is 4.98 Å². The number of fused-ring (bicyclic) bond motifs is 1. The maximum Gasteiger partial charge on any atom is 0.233 e. The summed E-state index contributed by atoms with van der Waals surface area (Å²) in [4.78, 5) is 21.6. The molecule has 0 spiro atoms. The summed E-state index contributed by atoms with van der Waals surface area (Å²) in [5, 5.41) is 6.59. The Kier molecular flexibility index (Phi) is 8.20. The van der Waals surface area contributed by atoms with Gasteiger partial charge in [-0.1, -0.05) is 0 Å². The van der Waals surface area contributed by atoms with E-state index in [1.54, 1.807) is 12.3 Å². The van der Waals surface area contributed by atoms with Gasteiger partial charge in [0.05, 0.1) is 12.2 Å². The molecule has 1 saturated carbocycles. The van der Waals surface area contributed by atoms with Crippen molar-refractivity contribution in [2.75, 3.05) is 35.6 Å². The number of hydrogen-bond donors (Lipinski definition) is 2. The van der Waals surface area contributed by atoms with Crippen molar-refractivity contribution in [3.63, 3.8) is 0 Å². The fourth-order valence-electron chi connectivity index (χ4n) is 5.46. The van der Waals surface area contributed by atoms with Crippen molar-refractivity contribution in [2.24, 2.45) is 17.8 Å². The number of nitrogens with zero attached hydrogens (tertiary/aromatic N) is 3. The van der Waals surface area contributed by atoms with Crippen LogP contribution in [0.2, 0.25) is 0 Å². The second kappa shape index (κ2) is 11.0. The summed E-state index contributed by atoms with van der Waals surface area (Å²) in [5.74, 6) is 1.29. The summed E-state index contributed by atoms with van der Waals surface area (Å²) in [7, 11) is -3.50. The first-order chi connectivity index (χ1) is 16.2. The minimum Gasteiger partial charge on any atom is -0.381 e. The highest BCUT2D eigenvalue weighted by molar-refractivity contribution is 7.92. The fraction of sp³-hybridized carbons (Fsp3) is 0.783. The second-order valence-corrected chi connectivity index (χ2v) is 12.5. The molecule has 0 bridgehead atoms. The number of anilines is 2. The first-order valence-corrected chi connectivity index (χ1v) is 14.6. The molecule has 0 radical (unpaired) electrons. The van der Waals surface area contributed by atoms with Gasteiger partial charge in [0.1, 0.15) is 5.82 Å². The van der Waals surface area contributed by atoms with Crippen LogP contribution in [-0.4, -0.2) is 67.8 Å². The van der Waals surface area contributed by atoms with E-state index in [0.717, 1.165) is 58.2 Å². The number of amides is 1. The molecule has 3 fully saturated rings. The molecule has 3 heterocycles. The first kappa shape index (κ1) is 25.4. The molecule has 4 unspecified atom stereocenters. The zero-order valence-corrected chi connectivity index (χ0v) is 21.5. The van der Waals surface area contributed by atoms with Gasteiger partial charge in [-0.25, -0.2) is 13.4 Å². The van der Waals surface area contributed by atoms with Gasteiger partial charge in [0.25, 0.3) is 0 Å². The van der Waals surface area contributed by atoms with Crippen molar-refractivity contribution in [1.29, 1.82) is 0 Å². The van der Waals surface area contributed by atoms with Gasteiger partial charge in [-0.3, -0.25) is 9.10 Å².